The highest BCUT2D eigenvalue weighted by Crippen LogP contribution is 2.37. The SMILES string of the molecule is C=CCOc1c(Cl)cc(CN(C)[C@H](C)c2cccnc2)cc1OC. The molecule has 1 aromatic heterocycles. The molecule has 0 spiro atoms. The molecule has 128 valence electrons. The number of benzene rings is 1. The Labute approximate surface area is 148 Å². The molecule has 0 saturated carbocycles. The summed E-state index contributed by atoms with van der Waals surface area (Å²) in [4.78, 5) is 6.41. The maximum Gasteiger partial charge on any atom is 0.180 e. The van der Waals surface area contributed by atoms with Crippen LogP contribution in [0.25, 0.3) is 0 Å². The van der Waals surface area contributed by atoms with Gasteiger partial charge in [-0.1, -0.05) is 30.3 Å². The van der Waals surface area contributed by atoms with Gasteiger partial charge in [0, 0.05) is 25.0 Å². The van der Waals surface area contributed by atoms with Crippen LogP contribution in [0.2, 0.25) is 5.02 Å². The molecule has 0 fully saturated rings. The number of nitrogens with zero attached hydrogens (tertiary/aromatic N) is 2. The highest BCUT2D eigenvalue weighted by Gasteiger charge is 2.16. The van der Waals surface area contributed by atoms with Gasteiger partial charge in [-0.05, 0) is 43.3 Å². The van der Waals surface area contributed by atoms with Crippen molar-refractivity contribution in [3.63, 3.8) is 0 Å². The molecule has 1 heterocycles. The minimum absolute atomic E-state index is 0.236. The lowest BCUT2D eigenvalue weighted by Gasteiger charge is -2.25. The van der Waals surface area contributed by atoms with E-state index in [4.69, 9.17) is 21.1 Å². The molecule has 0 amide bonds. The van der Waals surface area contributed by atoms with Crippen molar-refractivity contribution >= 4 is 11.6 Å². The first-order valence-electron chi connectivity index (χ1n) is 7.77. The van der Waals surface area contributed by atoms with Crippen LogP contribution < -0.4 is 9.47 Å². The number of halogens is 1. The van der Waals surface area contributed by atoms with Crippen molar-refractivity contribution in [2.45, 2.75) is 19.5 Å². The minimum Gasteiger partial charge on any atom is -0.493 e. The van der Waals surface area contributed by atoms with Crippen LogP contribution in [0.4, 0.5) is 0 Å². The van der Waals surface area contributed by atoms with Gasteiger partial charge in [0.15, 0.2) is 11.5 Å². The Balaban J connectivity index is 2.17. The first-order chi connectivity index (χ1) is 11.6. The van der Waals surface area contributed by atoms with E-state index in [1.54, 1.807) is 19.4 Å². The van der Waals surface area contributed by atoms with Crippen molar-refractivity contribution in [2.75, 3.05) is 20.8 Å². The van der Waals surface area contributed by atoms with Crippen molar-refractivity contribution in [2.24, 2.45) is 0 Å². The molecule has 24 heavy (non-hydrogen) atoms. The Kier molecular flexibility index (Phi) is 6.64. The summed E-state index contributed by atoms with van der Waals surface area (Å²) in [7, 11) is 3.68. The fraction of sp³-hybridized carbons (Fsp3) is 0.316. The molecule has 0 aliphatic heterocycles. The molecule has 0 saturated heterocycles. The van der Waals surface area contributed by atoms with Crippen molar-refractivity contribution in [3.05, 3.63) is 65.5 Å². The zero-order valence-corrected chi connectivity index (χ0v) is 15.1. The second kappa shape index (κ2) is 8.71. The quantitative estimate of drug-likeness (QED) is 0.659. The second-order valence-electron chi connectivity index (χ2n) is 5.59. The lowest BCUT2D eigenvalue weighted by atomic mass is 10.1. The maximum absolute atomic E-state index is 6.36. The Morgan fingerprint density at radius 3 is 2.83 bits per heavy atom. The average Bonchev–Trinajstić information content (AvgIpc) is 2.60. The first-order valence-corrected chi connectivity index (χ1v) is 8.14. The van der Waals surface area contributed by atoms with E-state index in [2.05, 4.69) is 36.5 Å². The van der Waals surface area contributed by atoms with E-state index in [1.165, 1.54) is 5.56 Å². The van der Waals surface area contributed by atoms with Crippen LogP contribution in [0, 0.1) is 0 Å². The van der Waals surface area contributed by atoms with Crippen molar-refractivity contribution in [1.29, 1.82) is 0 Å². The molecule has 0 radical (unpaired) electrons. The Morgan fingerprint density at radius 2 is 2.21 bits per heavy atom. The maximum atomic E-state index is 6.36. The third-order valence-electron chi connectivity index (χ3n) is 3.89. The fourth-order valence-corrected chi connectivity index (χ4v) is 2.74. The number of pyridine rings is 1. The van der Waals surface area contributed by atoms with Gasteiger partial charge in [-0.3, -0.25) is 9.88 Å². The topological polar surface area (TPSA) is 34.6 Å². The van der Waals surface area contributed by atoms with Crippen molar-refractivity contribution in [3.8, 4) is 11.5 Å². The van der Waals surface area contributed by atoms with Gasteiger partial charge in [0.2, 0.25) is 0 Å². The van der Waals surface area contributed by atoms with Crippen LogP contribution >= 0.6 is 11.6 Å². The van der Waals surface area contributed by atoms with Gasteiger partial charge < -0.3 is 9.47 Å². The Morgan fingerprint density at radius 1 is 1.42 bits per heavy atom. The summed E-state index contributed by atoms with van der Waals surface area (Å²) in [6, 6.07) is 8.13. The summed E-state index contributed by atoms with van der Waals surface area (Å²) >= 11 is 6.36. The molecule has 1 atom stereocenters. The number of ether oxygens (including phenoxy) is 2. The summed E-state index contributed by atoms with van der Waals surface area (Å²) in [5.74, 6) is 1.17. The summed E-state index contributed by atoms with van der Waals surface area (Å²) in [5.41, 5.74) is 2.23. The molecule has 0 unspecified atom stereocenters. The van der Waals surface area contributed by atoms with E-state index in [1.807, 2.05) is 24.4 Å². The molecule has 0 aliphatic rings. The van der Waals surface area contributed by atoms with Gasteiger partial charge >= 0.3 is 0 Å². The minimum atomic E-state index is 0.236. The number of hydrogen-bond donors (Lipinski definition) is 0. The Hall–Kier alpha value is -2.04. The normalized spacial score (nSPS) is 12.0. The summed E-state index contributed by atoms with van der Waals surface area (Å²) in [6.45, 7) is 6.91. The molecule has 2 rings (SSSR count). The molecule has 0 N–H and O–H groups in total. The predicted octanol–water partition coefficient (Wildman–Crippen LogP) is 4.50. The molecule has 1 aromatic carbocycles. The van der Waals surface area contributed by atoms with Gasteiger partial charge in [0.1, 0.15) is 6.61 Å². The number of methoxy groups -OCH3 is 1. The van der Waals surface area contributed by atoms with Crippen LogP contribution in [0.5, 0.6) is 11.5 Å². The van der Waals surface area contributed by atoms with Crippen LogP contribution in [0.15, 0.2) is 49.3 Å². The second-order valence-corrected chi connectivity index (χ2v) is 5.99. The molecule has 5 heteroatoms. The standard InChI is InChI=1S/C19H23ClN2O2/c1-5-9-24-19-17(20)10-15(11-18(19)23-4)13-22(3)14(2)16-7-6-8-21-12-16/h5-8,10-12,14H,1,9,13H2,2-4H3/t14-/m1/s1. The highest BCUT2D eigenvalue weighted by atomic mass is 35.5. The Bertz CT molecular complexity index is 677. The lowest BCUT2D eigenvalue weighted by molar-refractivity contribution is 0.252. The largest absolute Gasteiger partial charge is 0.493 e. The molecule has 2 aromatic rings. The lowest BCUT2D eigenvalue weighted by Crippen LogP contribution is -2.22. The van der Waals surface area contributed by atoms with E-state index < -0.39 is 0 Å². The van der Waals surface area contributed by atoms with Gasteiger partial charge in [-0.25, -0.2) is 0 Å². The van der Waals surface area contributed by atoms with Gasteiger partial charge in [-0.15, -0.1) is 0 Å². The van der Waals surface area contributed by atoms with E-state index >= 15 is 0 Å². The first kappa shape index (κ1) is 18.3. The van der Waals surface area contributed by atoms with E-state index in [0.717, 1.165) is 12.1 Å². The van der Waals surface area contributed by atoms with Gasteiger partial charge in [0.05, 0.1) is 12.1 Å². The van der Waals surface area contributed by atoms with Crippen LogP contribution in [-0.4, -0.2) is 30.6 Å². The van der Waals surface area contributed by atoms with E-state index in [0.29, 0.717) is 23.1 Å². The zero-order chi connectivity index (χ0) is 17.5. The van der Waals surface area contributed by atoms with Gasteiger partial charge in [-0.2, -0.15) is 0 Å². The van der Waals surface area contributed by atoms with Crippen LogP contribution in [0.1, 0.15) is 24.1 Å². The van der Waals surface area contributed by atoms with E-state index in [9.17, 15) is 0 Å². The summed E-state index contributed by atoms with van der Waals surface area (Å²) in [6.07, 6.45) is 5.34. The monoisotopic (exact) mass is 346 g/mol. The third-order valence-corrected chi connectivity index (χ3v) is 4.18. The third kappa shape index (κ3) is 4.49. The smallest absolute Gasteiger partial charge is 0.180 e. The van der Waals surface area contributed by atoms with Gasteiger partial charge in [0.25, 0.3) is 0 Å². The van der Waals surface area contributed by atoms with Crippen LogP contribution in [0.3, 0.4) is 0 Å². The molecule has 0 aliphatic carbocycles. The highest BCUT2D eigenvalue weighted by molar-refractivity contribution is 6.32. The molecule has 0 bridgehead atoms. The number of aromatic nitrogens is 1. The number of hydrogen-bond acceptors (Lipinski definition) is 4. The molecular formula is C19H23ClN2O2. The summed E-state index contributed by atoms with van der Waals surface area (Å²) < 4.78 is 11.0. The predicted molar refractivity (Wildman–Crippen MR) is 97.8 cm³/mol. The average molecular weight is 347 g/mol. The molecule has 4 nitrogen and oxygen atoms in total. The van der Waals surface area contributed by atoms with E-state index in [-0.39, 0.29) is 6.04 Å². The molecular weight excluding hydrogens is 324 g/mol. The van der Waals surface area contributed by atoms with Crippen molar-refractivity contribution < 1.29 is 9.47 Å². The zero-order valence-electron chi connectivity index (χ0n) is 14.3. The number of rotatable bonds is 8. The summed E-state index contributed by atoms with van der Waals surface area (Å²) in [5, 5.41) is 0.536. The fourth-order valence-electron chi connectivity index (χ4n) is 2.45. The van der Waals surface area contributed by atoms with Crippen LogP contribution in [-0.2, 0) is 6.54 Å². The van der Waals surface area contributed by atoms with Crippen molar-refractivity contribution in [1.82, 2.24) is 9.88 Å².